The minimum atomic E-state index is -0.692. The normalized spacial score (nSPS) is 15.4. The number of unbranched alkanes of at least 4 members (excludes halogenated alkanes) is 1. The second-order valence-electron chi connectivity index (χ2n) is 7.27. The van der Waals surface area contributed by atoms with Gasteiger partial charge in [0.05, 0.1) is 66.1 Å². The van der Waals surface area contributed by atoms with E-state index >= 15 is 0 Å². The van der Waals surface area contributed by atoms with Gasteiger partial charge < -0.3 is 33.7 Å². The number of hydrazine groups is 1. The van der Waals surface area contributed by atoms with Crippen molar-refractivity contribution in [1.29, 1.82) is 0 Å². The van der Waals surface area contributed by atoms with Gasteiger partial charge in [-0.15, -0.1) is 0 Å². The summed E-state index contributed by atoms with van der Waals surface area (Å²) in [6, 6.07) is 0. The van der Waals surface area contributed by atoms with Crippen LogP contribution in [0.4, 0.5) is 4.79 Å². The molecule has 0 saturated carbocycles. The Balaban J connectivity index is 1.68. The highest BCUT2D eigenvalue weighted by atomic mass is 33.1. The van der Waals surface area contributed by atoms with Crippen LogP contribution >= 0.6 is 21.6 Å². The van der Waals surface area contributed by atoms with Crippen LogP contribution in [0.3, 0.4) is 0 Å². The molecule has 0 aromatic rings. The molecule has 4 N–H and O–H groups in total. The Labute approximate surface area is 210 Å². The van der Waals surface area contributed by atoms with Gasteiger partial charge in [0.25, 0.3) is 0 Å². The molecule has 1 atom stereocenters. The molecule has 1 heterocycles. The second kappa shape index (κ2) is 23.9. The summed E-state index contributed by atoms with van der Waals surface area (Å²) in [6.45, 7) is 5.12. The predicted octanol–water partition coefficient (Wildman–Crippen LogP) is 1.50. The number of rotatable bonds is 23. The molecule has 1 saturated heterocycles. The van der Waals surface area contributed by atoms with Crippen LogP contribution in [0.15, 0.2) is 0 Å². The SMILES string of the molecule is NNC(=O)OCCOCCOCCOCCOCCOCCNC(=O)CCCCC1CCSS1. The largest absolute Gasteiger partial charge is 0.446 e. The van der Waals surface area contributed by atoms with Crippen LogP contribution in [0, 0.1) is 0 Å². The van der Waals surface area contributed by atoms with E-state index in [9.17, 15) is 9.59 Å². The second-order valence-corrected chi connectivity index (χ2v) is 10.1. The zero-order valence-corrected chi connectivity index (χ0v) is 21.6. The lowest BCUT2D eigenvalue weighted by Gasteiger charge is -2.09. The van der Waals surface area contributed by atoms with Crippen molar-refractivity contribution in [2.75, 3.05) is 85.0 Å². The molecule has 1 fully saturated rings. The van der Waals surface area contributed by atoms with E-state index in [1.54, 1.807) is 0 Å². The molecule has 0 spiro atoms. The van der Waals surface area contributed by atoms with E-state index in [-0.39, 0.29) is 19.1 Å². The van der Waals surface area contributed by atoms with E-state index in [0.717, 1.165) is 18.1 Å². The Morgan fingerprint density at radius 2 is 1.35 bits per heavy atom. The Hall–Kier alpha value is -0.800. The monoisotopic (exact) mass is 527 g/mol. The first-order valence-electron chi connectivity index (χ1n) is 11.8. The quantitative estimate of drug-likeness (QED) is 0.0585. The van der Waals surface area contributed by atoms with E-state index < -0.39 is 6.09 Å². The Morgan fingerprint density at radius 1 is 0.794 bits per heavy atom. The van der Waals surface area contributed by atoms with Crippen molar-refractivity contribution < 1.29 is 38.0 Å². The molecule has 0 aromatic carbocycles. The maximum Gasteiger partial charge on any atom is 0.421 e. The Morgan fingerprint density at radius 3 is 1.88 bits per heavy atom. The van der Waals surface area contributed by atoms with Gasteiger partial charge in [-0.3, -0.25) is 10.2 Å². The minimum absolute atomic E-state index is 0.102. The summed E-state index contributed by atoms with van der Waals surface area (Å²) in [5.41, 5.74) is 1.85. The van der Waals surface area contributed by atoms with Crippen molar-refractivity contribution in [3.63, 3.8) is 0 Å². The Bertz CT molecular complexity index is 503. The van der Waals surface area contributed by atoms with Crippen molar-refractivity contribution in [1.82, 2.24) is 10.7 Å². The van der Waals surface area contributed by atoms with Gasteiger partial charge in [0.15, 0.2) is 0 Å². The fraction of sp³-hybridized carbons (Fsp3) is 0.905. The first-order chi connectivity index (χ1) is 16.7. The first kappa shape index (κ1) is 31.2. The summed E-state index contributed by atoms with van der Waals surface area (Å²) >= 11 is 0. The molecule has 1 rings (SSSR count). The van der Waals surface area contributed by atoms with Crippen LogP contribution in [-0.2, 0) is 33.2 Å². The van der Waals surface area contributed by atoms with Gasteiger partial charge in [-0.2, -0.15) is 0 Å². The molecule has 0 aromatic heterocycles. The lowest BCUT2D eigenvalue weighted by molar-refractivity contribution is -0.121. The van der Waals surface area contributed by atoms with Gasteiger partial charge in [0.2, 0.25) is 5.91 Å². The molecule has 34 heavy (non-hydrogen) atoms. The number of nitrogens with two attached hydrogens (primary N) is 1. The van der Waals surface area contributed by atoms with Crippen molar-refractivity contribution >= 4 is 33.6 Å². The molecular formula is C21H41N3O8S2. The third-order valence-electron chi connectivity index (χ3n) is 4.54. The third kappa shape index (κ3) is 20.6. The fourth-order valence-electron chi connectivity index (χ4n) is 2.79. The summed E-state index contributed by atoms with van der Waals surface area (Å²) in [6.07, 6.45) is 4.51. The summed E-state index contributed by atoms with van der Waals surface area (Å²) in [4.78, 5) is 22.5. The van der Waals surface area contributed by atoms with Crippen LogP contribution in [0.2, 0.25) is 0 Å². The predicted molar refractivity (Wildman–Crippen MR) is 133 cm³/mol. The molecule has 13 heteroatoms. The van der Waals surface area contributed by atoms with E-state index in [2.05, 4.69) is 10.1 Å². The minimum Gasteiger partial charge on any atom is -0.446 e. The molecule has 1 aliphatic rings. The van der Waals surface area contributed by atoms with Gasteiger partial charge >= 0.3 is 6.09 Å². The van der Waals surface area contributed by atoms with Crippen LogP contribution in [0.1, 0.15) is 32.1 Å². The molecule has 0 bridgehead atoms. The first-order valence-corrected chi connectivity index (χ1v) is 14.2. The number of ether oxygens (including phenoxy) is 6. The zero-order valence-electron chi connectivity index (χ0n) is 20.0. The van der Waals surface area contributed by atoms with E-state index in [0.29, 0.717) is 72.4 Å². The van der Waals surface area contributed by atoms with Crippen molar-refractivity contribution in [2.24, 2.45) is 5.84 Å². The summed E-state index contributed by atoms with van der Waals surface area (Å²) in [7, 11) is 3.96. The highest BCUT2D eigenvalue weighted by Crippen LogP contribution is 2.39. The van der Waals surface area contributed by atoms with Crippen LogP contribution < -0.4 is 16.6 Å². The number of hydrogen-bond acceptors (Lipinski definition) is 11. The molecule has 200 valence electrons. The standard InChI is InChI=1S/C21H41N3O8S2/c22-24-21(26)32-17-16-31-15-14-30-13-12-29-11-10-28-9-8-27-7-6-23-20(25)4-2-1-3-19-5-18-33-34-19/h19H,1-18,22H2,(H,23,25)(H,24,26). The number of amides is 2. The number of carbonyl (C=O) groups excluding carboxylic acids is 2. The van der Waals surface area contributed by atoms with E-state index in [1.807, 2.05) is 27.0 Å². The van der Waals surface area contributed by atoms with E-state index in [4.69, 9.17) is 29.5 Å². The molecule has 0 aliphatic carbocycles. The van der Waals surface area contributed by atoms with Crippen LogP contribution in [-0.4, -0.2) is 102 Å². The molecule has 0 radical (unpaired) electrons. The number of nitrogens with one attached hydrogen (secondary N) is 2. The molecule has 11 nitrogen and oxygen atoms in total. The maximum absolute atomic E-state index is 11.8. The maximum atomic E-state index is 11.8. The Kier molecular flexibility index (Phi) is 22.0. The molecule has 1 unspecified atom stereocenters. The van der Waals surface area contributed by atoms with Crippen molar-refractivity contribution in [3.05, 3.63) is 0 Å². The highest BCUT2D eigenvalue weighted by Gasteiger charge is 2.15. The summed E-state index contributed by atoms with van der Waals surface area (Å²) in [5, 5.41) is 3.68. The van der Waals surface area contributed by atoms with Crippen molar-refractivity contribution in [2.45, 2.75) is 37.4 Å². The van der Waals surface area contributed by atoms with Gasteiger partial charge in [0.1, 0.15) is 6.61 Å². The van der Waals surface area contributed by atoms with Crippen LogP contribution in [0.5, 0.6) is 0 Å². The summed E-state index contributed by atoms with van der Waals surface area (Å²) in [5.74, 6) is 6.23. The van der Waals surface area contributed by atoms with Crippen molar-refractivity contribution in [3.8, 4) is 0 Å². The lowest BCUT2D eigenvalue weighted by atomic mass is 10.1. The topological polar surface area (TPSA) is 140 Å². The summed E-state index contributed by atoms with van der Waals surface area (Å²) < 4.78 is 31.5. The van der Waals surface area contributed by atoms with Crippen LogP contribution in [0.25, 0.3) is 0 Å². The zero-order chi connectivity index (χ0) is 24.5. The van der Waals surface area contributed by atoms with Gasteiger partial charge in [-0.05, 0) is 19.3 Å². The molecule has 2 amide bonds. The molecule has 1 aliphatic heterocycles. The number of carbonyl (C=O) groups is 2. The van der Waals surface area contributed by atoms with Gasteiger partial charge in [-0.1, -0.05) is 28.0 Å². The average molecular weight is 528 g/mol. The highest BCUT2D eigenvalue weighted by molar-refractivity contribution is 8.77. The average Bonchev–Trinajstić information content (AvgIpc) is 3.36. The smallest absolute Gasteiger partial charge is 0.421 e. The van der Waals surface area contributed by atoms with Gasteiger partial charge in [0, 0.05) is 24.0 Å². The molecular weight excluding hydrogens is 486 g/mol. The van der Waals surface area contributed by atoms with Gasteiger partial charge in [-0.25, -0.2) is 10.6 Å². The van der Waals surface area contributed by atoms with E-state index in [1.165, 1.54) is 18.6 Å². The lowest BCUT2D eigenvalue weighted by Crippen LogP contribution is -2.31. The third-order valence-corrected chi connectivity index (χ3v) is 7.55. The number of hydrogen-bond donors (Lipinski definition) is 3. The fourth-order valence-corrected chi connectivity index (χ4v) is 5.82.